The summed E-state index contributed by atoms with van der Waals surface area (Å²) in [6, 6.07) is 7.95. The summed E-state index contributed by atoms with van der Waals surface area (Å²) in [6.07, 6.45) is 7.28. The molecule has 0 unspecified atom stereocenters. The van der Waals surface area contributed by atoms with Crippen LogP contribution in [0.25, 0.3) is 0 Å². The Morgan fingerprint density at radius 3 is 2.38 bits per heavy atom. The van der Waals surface area contributed by atoms with Gasteiger partial charge >= 0.3 is 0 Å². The molecule has 2 N–H and O–H groups in total. The van der Waals surface area contributed by atoms with Gasteiger partial charge in [0.25, 0.3) is 5.91 Å². The molecule has 0 heterocycles. The van der Waals surface area contributed by atoms with Gasteiger partial charge in [0.2, 0.25) is 0 Å². The molecular weight excluding hydrogens is 264 g/mol. The zero-order valence-corrected chi connectivity index (χ0v) is 12.9. The van der Waals surface area contributed by atoms with E-state index in [2.05, 4.69) is 0 Å². The molecule has 0 atom stereocenters. The third-order valence-corrected chi connectivity index (χ3v) is 4.29. The first kappa shape index (κ1) is 15.8. The Morgan fingerprint density at radius 1 is 1.19 bits per heavy atom. The predicted octanol–water partition coefficient (Wildman–Crippen LogP) is 2.71. The maximum absolute atomic E-state index is 12.2. The third-order valence-electron chi connectivity index (χ3n) is 4.29. The number of nitrogens with two attached hydrogens (primary N) is 1. The summed E-state index contributed by atoms with van der Waals surface area (Å²) >= 11 is 0. The van der Waals surface area contributed by atoms with E-state index in [1.165, 1.54) is 25.7 Å². The molecule has 116 valence electrons. The van der Waals surface area contributed by atoms with Gasteiger partial charge in [-0.3, -0.25) is 4.79 Å². The Hall–Kier alpha value is -1.55. The summed E-state index contributed by atoms with van der Waals surface area (Å²) in [6.45, 7) is 0.624. The van der Waals surface area contributed by atoms with Crippen molar-refractivity contribution in [1.29, 1.82) is 0 Å². The number of nitrogens with zero attached hydrogens (tertiary/aromatic N) is 1. The summed E-state index contributed by atoms with van der Waals surface area (Å²) in [4.78, 5) is 14.1. The fourth-order valence-electron chi connectivity index (χ4n) is 2.82. The van der Waals surface area contributed by atoms with E-state index in [1.54, 1.807) is 0 Å². The quantitative estimate of drug-likeness (QED) is 0.848. The van der Waals surface area contributed by atoms with Gasteiger partial charge < -0.3 is 15.4 Å². The van der Waals surface area contributed by atoms with Crippen molar-refractivity contribution >= 4 is 5.91 Å². The van der Waals surface area contributed by atoms with Gasteiger partial charge in [-0.05, 0) is 30.5 Å². The smallest absolute Gasteiger partial charge is 0.260 e. The van der Waals surface area contributed by atoms with Crippen molar-refractivity contribution in [3.8, 4) is 5.75 Å². The number of hydrogen-bond acceptors (Lipinski definition) is 3. The van der Waals surface area contributed by atoms with Crippen molar-refractivity contribution in [3.05, 3.63) is 29.8 Å². The predicted molar refractivity (Wildman–Crippen MR) is 84.1 cm³/mol. The normalized spacial score (nSPS) is 16.3. The van der Waals surface area contributed by atoms with E-state index in [4.69, 9.17) is 10.5 Å². The Morgan fingerprint density at radius 2 is 1.81 bits per heavy atom. The molecule has 1 fully saturated rings. The van der Waals surface area contributed by atoms with Crippen LogP contribution in [0.2, 0.25) is 0 Å². The molecule has 0 spiro atoms. The molecule has 1 amide bonds. The maximum atomic E-state index is 12.2. The lowest BCUT2D eigenvalue weighted by Crippen LogP contribution is -2.39. The lowest BCUT2D eigenvalue weighted by atomic mass is 10.1. The molecule has 1 saturated carbocycles. The summed E-state index contributed by atoms with van der Waals surface area (Å²) in [7, 11) is 1.90. The van der Waals surface area contributed by atoms with E-state index >= 15 is 0 Å². The average molecular weight is 290 g/mol. The molecular formula is C17H26N2O2. The Labute approximate surface area is 127 Å². The molecule has 0 aliphatic heterocycles. The van der Waals surface area contributed by atoms with Crippen LogP contribution in [0.1, 0.15) is 44.1 Å². The van der Waals surface area contributed by atoms with E-state index in [1.807, 2.05) is 36.2 Å². The highest BCUT2D eigenvalue weighted by Gasteiger charge is 2.21. The summed E-state index contributed by atoms with van der Waals surface area (Å²) in [5, 5.41) is 0. The minimum atomic E-state index is 0.0600. The van der Waals surface area contributed by atoms with Crippen LogP contribution >= 0.6 is 0 Å². The van der Waals surface area contributed by atoms with Gasteiger partial charge in [-0.25, -0.2) is 0 Å². The maximum Gasteiger partial charge on any atom is 0.260 e. The second-order valence-electron chi connectivity index (χ2n) is 5.79. The first-order chi connectivity index (χ1) is 10.2. The number of benzene rings is 1. The van der Waals surface area contributed by atoms with Crippen molar-refractivity contribution in [2.45, 2.75) is 51.1 Å². The topological polar surface area (TPSA) is 55.6 Å². The highest BCUT2D eigenvalue weighted by Crippen LogP contribution is 2.21. The van der Waals surface area contributed by atoms with Crippen LogP contribution in [0, 0.1) is 0 Å². The highest BCUT2D eigenvalue weighted by atomic mass is 16.5. The van der Waals surface area contributed by atoms with Crippen molar-refractivity contribution in [3.63, 3.8) is 0 Å². The third kappa shape index (κ3) is 4.74. The van der Waals surface area contributed by atoms with Crippen LogP contribution in [-0.2, 0) is 11.3 Å². The lowest BCUT2D eigenvalue weighted by molar-refractivity contribution is -0.134. The minimum Gasteiger partial charge on any atom is -0.484 e. The molecule has 0 saturated heterocycles. The van der Waals surface area contributed by atoms with Gasteiger partial charge in [0, 0.05) is 19.6 Å². The van der Waals surface area contributed by atoms with E-state index in [0.717, 1.165) is 24.2 Å². The van der Waals surface area contributed by atoms with Crippen molar-refractivity contribution < 1.29 is 9.53 Å². The lowest BCUT2D eigenvalue weighted by Gasteiger charge is -2.27. The van der Waals surface area contributed by atoms with Crippen LogP contribution in [0.4, 0.5) is 0 Å². The molecule has 1 aliphatic carbocycles. The van der Waals surface area contributed by atoms with Crippen LogP contribution in [0.15, 0.2) is 24.3 Å². The number of carbonyl (C=O) groups excluding carboxylic acids is 1. The van der Waals surface area contributed by atoms with Crippen LogP contribution < -0.4 is 10.5 Å². The van der Waals surface area contributed by atoms with Crippen LogP contribution in [-0.4, -0.2) is 30.5 Å². The van der Waals surface area contributed by atoms with Crippen LogP contribution in [0.5, 0.6) is 5.75 Å². The molecule has 2 rings (SSSR count). The number of likely N-dealkylation sites (N-methyl/N-ethyl adjacent to an activating group) is 1. The van der Waals surface area contributed by atoms with Crippen molar-refractivity contribution in [2.24, 2.45) is 5.73 Å². The summed E-state index contributed by atoms with van der Waals surface area (Å²) < 4.78 is 5.58. The second-order valence-corrected chi connectivity index (χ2v) is 5.79. The number of hydrogen-bond donors (Lipinski definition) is 1. The summed E-state index contributed by atoms with van der Waals surface area (Å²) in [5.41, 5.74) is 6.62. The van der Waals surface area contributed by atoms with Crippen molar-refractivity contribution in [1.82, 2.24) is 4.90 Å². The van der Waals surface area contributed by atoms with Gasteiger partial charge in [-0.15, -0.1) is 0 Å². The van der Waals surface area contributed by atoms with Gasteiger partial charge in [-0.1, -0.05) is 37.8 Å². The number of carbonyl (C=O) groups is 1. The van der Waals surface area contributed by atoms with Crippen LogP contribution in [0.3, 0.4) is 0 Å². The number of amides is 1. The average Bonchev–Trinajstić information content (AvgIpc) is 2.81. The standard InChI is InChI=1S/C17H26N2O2/c1-19(15-6-4-2-3-5-7-15)17(20)13-21-16-10-8-14(12-18)9-11-16/h8-11,15H,2-7,12-13,18H2,1H3. The van der Waals surface area contributed by atoms with E-state index in [-0.39, 0.29) is 12.5 Å². The van der Waals surface area contributed by atoms with Gasteiger partial charge in [0.1, 0.15) is 5.75 Å². The van der Waals surface area contributed by atoms with Crippen molar-refractivity contribution in [2.75, 3.05) is 13.7 Å². The molecule has 1 aromatic carbocycles. The Balaban J connectivity index is 1.82. The van der Waals surface area contributed by atoms with E-state index in [9.17, 15) is 4.79 Å². The first-order valence-electron chi connectivity index (χ1n) is 7.88. The molecule has 1 aliphatic rings. The largest absolute Gasteiger partial charge is 0.484 e. The molecule has 21 heavy (non-hydrogen) atoms. The molecule has 4 heteroatoms. The highest BCUT2D eigenvalue weighted by molar-refractivity contribution is 5.77. The zero-order valence-electron chi connectivity index (χ0n) is 12.9. The van der Waals surface area contributed by atoms with E-state index in [0.29, 0.717) is 12.6 Å². The summed E-state index contributed by atoms with van der Waals surface area (Å²) in [5.74, 6) is 0.777. The van der Waals surface area contributed by atoms with E-state index < -0.39 is 0 Å². The minimum absolute atomic E-state index is 0.0600. The Bertz CT molecular complexity index is 437. The molecule has 0 aromatic heterocycles. The molecule has 0 radical (unpaired) electrons. The SMILES string of the molecule is CN(C(=O)COc1ccc(CN)cc1)C1CCCCCC1. The molecule has 0 bridgehead atoms. The van der Waals surface area contributed by atoms with Gasteiger partial charge in [-0.2, -0.15) is 0 Å². The van der Waals surface area contributed by atoms with Gasteiger partial charge in [0.05, 0.1) is 0 Å². The first-order valence-corrected chi connectivity index (χ1v) is 7.88. The second kappa shape index (κ2) is 8.03. The monoisotopic (exact) mass is 290 g/mol. The zero-order chi connectivity index (χ0) is 15.1. The number of ether oxygens (including phenoxy) is 1. The fourth-order valence-corrected chi connectivity index (χ4v) is 2.82. The number of rotatable bonds is 5. The molecule has 1 aromatic rings. The Kier molecular flexibility index (Phi) is 6.05. The molecule has 4 nitrogen and oxygen atoms in total. The fraction of sp³-hybridized carbons (Fsp3) is 0.588. The van der Waals surface area contributed by atoms with Gasteiger partial charge in [0.15, 0.2) is 6.61 Å².